The van der Waals surface area contributed by atoms with E-state index in [2.05, 4.69) is 86.0 Å². The van der Waals surface area contributed by atoms with Gasteiger partial charge in [0.05, 0.1) is 0 Å². The van der Waals surface area contributed by atoms with Crippen LogP contribution in [0.3, 0.4) is 0 Å². The molecule has 0 radical (unpaired) electrons. The summed E-state index contributed by atoms with van der Waals surface area (Å²) in [5, 5.41) is 3.50. The lowest BCUT2D eigenvalue weighted by atomic mass is 9.86. The van der Waals surface area contributed by atoms with Crippen LogP contribution in [0, 0.1) is 5.41 Å². The van der Waals surface area contributed by atoms with Crippen molar-refractivity contribution < 1.29 is 0 Å². The second kappa shape index (κ2) is 7.46. The lowest BCUT2D eigenvalue weighted by molar-refractivity contribution is 0.329. The van der Waals surface area contributed by atoms with E-state index in [4.69, 9.17) is 0 Å². The van der Waals surface area contributed by atoms with Crippen LogP contribution in [0.4, 0.5) is 5.69 Å². The van der Waals surface area contributed by atoms with Gasteiger partial charge in [0.15, 0.2) is 0 Å². The van der Waals surface area contributed by atoms with Crippen molar-refractivity contribution >= 4 is 21.6 Å². The van der Waals surface area contributed by atoms with Crippen molar-refractivity contribution in [1.82, 2.24) is 5.32 Å². The number of nitrogens with one attached hydrogen (secondary N) is 1. The Morgan fingerprint density at radius 3 is 2.50 bits per heavy atom. The summed E-state index contributed by atoms with van der Waals surface area (Å²) in [5.74, 6) is 0. The quantitative estimate of drug-likeness (QED) is 0.746. The van der Waals surface area contributed by atoms with Crippen LogP contribution in [-0.2, 0) is 6.54 Å². The third kappa shape index (κ3) is 4.78. The van der Waals surface area contributed by atoms with Crippen molar-refractivity contribution in [1.29, 1.82) is 0 Å². The zero-order valence-electron chi connectivity index (χ0n) is 13.8. The van der Waals surface area contributed by atoms with Crippen LogP contribution in [0.5, 0.6) is 0 Å². The number of hydrogen-bond donors (Lipinski definition) is 1. The van der Waals surface area contributed by atoms with Crippen LogP contribution in [0.15, 0.2) is 22.7 Å². The highest BCUT2D eigenvalue weighted by molar-refractivity contribution is 9.10. The minimum Gasteiger partial charge on any atom is -0.371 e. The smallest absolute Gasteiger partial charge is 0.0423 e. The van der Waals surface area contributed by atoms with E-state index in [0.717, 1.165) is 17.6 Å². The third-order valence-electron chi connectivity index (χ3n) is 4.00. The molecule has 1 atom stereocenters. The van der Waals surface area contributed by atoms with Crippen LogP contribution in [0.1, 0.15) is 46.6 Å². The van der Waals surface area contributed by atoms with E-state index < -0.39 is 0 Å². The minimum absolute atomic E-state index is 0.255. The van der Waals surface area contributed by atoms with Gasteiger partial charge in [-0.05, 0) is 43.0 Å². The van der Waals surface area contributed by atoms with Gasteiger partial charge < -0.3 is 10.2 Å². The summed E-state index contributed by atoms with van der Waals surface area (Å²) in [4.78, 5) is 2.40. The Balaban J connectivity index is 2.99. The van der Waals surface area contributed by atoms with Gasteiger partial charge in [-0.3, -0.25) is 0 Å². The van der Waals surface area contributed by atoms with Gasteiger partial charge in [-0.15, -0.1) is 0 Å². The van der Waals surface area contributed by atoms with Gasteiger partial charge in [-0.2, -0.15) is 0 Å². The maximum Gasteiger partial charge on any atom is 0.0423 e. The minimum atomic E-state index is 0.255. The maximum atomic E-state index is 3.60. The molecule has 1 rings (SSSR count). The van der Waals surface area contributed by atoms with Gasteiger partial charge >= 0.3 is 0 Å². The fourth-order valence-electron chi connectivity index (χ4n) is 2.20. The molecule has 20 heavy (non-hydrogen) atoms. The Morgan fingerprint density at radius 1 is 1.30 bits per heavy atom. The molecule has 0 aliphatic carbocycles. The summed E-state index contributed by atoms with van der Waals surface area (Å²) in [5.41, 5.74) is 2.93. The average molecular weight is 341 g/mol. The van der Waals surface area contributed by atoms with Crippen LogP contribution in [0.2, 0.25) is 0 Å². The van der Waals surface area contributed by atoms with Gasteiger partial charge in [-0.25, -0.2) is 0 Å². The summed E-state index contributed by atoms with van der Waals surface area (Å²) >= 11 is 3.60. The highest BCUT2D eigenvalue weighted by Gasteiger charge is 2.25. The molecule has 0 aliphatic heterocycles. The Kier molecular flexibility index (Phi) is 6.53. The lowest BCUT2D eigenvalue weighted by Crippen LogP contribution is -2.40. The molecule has 0 aromatic heterocycles. The van der Waals surface area contributed by atoms with Crippen molar-refractivity contribution in [2.45, 2.75) is 53.6 Å². The van der Waals surface area contributed by atoms with E-state index in [1.165, 1.54) is 17.7 Å². The molecule has 0 heterocycles. The van der Waals surface area contributed by atoms with E-state index >= 15 is 0 Å². The van der Waals surface area contributed by atoms with Gasteiger partial charge in [0.25, 0.3) is 0 Å². The third-order valence-corrected chi connectivity index (χ3v) is 4.50. The Labute approximate surface area is 133 Å². The summed E-state index contributed by atoms with van der Waals surface area (Å²) in [6.07, 6.45) is 1.17. The van der Waals surface area contributed by atoms with Crippen LogP contribution in [0.25, 0.3) is 0 Å². The molecule has 1 aromatic carbocycles. The molecular formula is C17H29BrN2. The Bertz CT molecular complexity index is 423. The molecule has 0 saturated carbocycles. The number of benzene rings is 1. The number of rotatable bonds is 6. The molecular weight excluding hydrogens is 312 g/mol. The fraction of sp³-hybridized carbons (Fsp3) is 0.647. The number of nitrogens with zero attached hydrogens (tertiary/aromatic N) is 1. The maximum absolute atomic E-state index is 3.60. The van der Waals surface area contributed by atoms with Gasteiger partial charge in [-0.1, -0.05) is 49.7 Å². The Morgan fingerprint density at radius 2 is 1.95 bits per heavy atom. The normalized spacial score (nSPS) is 13.3. The molecule has 1 aromatic rings. The van der Waals surface area contributed by atoms with Crippen molar-refractivity contribution in [3.63, 3.8) is 0 Å². The van der Waals surface area contributed by atoms with E-state index in [9.17, 15) is 0 Å². The second-order valence-electron chi connectivity index (χ2n) is 6.60. The summed E-state index contributed by atoms with van der Waals surface area (Å²) < 4.78 is 1.14. The number of halogens is 1. The first-order valence-corrected chi connectivity index (χ1v) is 8.28. The zero-order valence-corrected chi connectivity index (χ0v) is 15.3. The summed E-state index contributed by atoms with van der Waals surface area (Å²) in [6.45, 7) is 13.4. The van der Waals surface area contributed by atoms with Crippen molar-refractivity contribution in [3.05, 3.63) is 28.2 Å². The SMILES string of the molecule is CCCNCc1ccc(Br)cc1N(C)C(C)C(C)(C)C. The molecule has 1 unspecified atom stereocenters. The van der Waals surface area contributed by atoms with E-state index in [1.54, 1.807) is 0 Å². The molecule has 2 nitrogen and oxygen atoms in total. The summed E-state index contributed by atoms with van der Waals surface area (Å²) in [6, 6.07) is 7.04. The molecule has 0 aliphatic rings. The van der Waals surface area contributed by atoms with Gasteiger partial charge in [0.1, 0.15) is 0 Å². The van der Waals surface area contributed by atoms with Gasteiger partial charge in [0, 0.05) is 29.8 Å². The summed E-state index contributed by atoms with van der Waals surface area (Å²) in [7, 11) is 2.20. The number of anilines is 1. The molecule has 0 saturated heterocycles. The first kappa shape index (κ1) is 17.5. The highest BCUT2D eigenvalue weighted by atomic mass is 79.9. The predicted molar refractivity (Wildman–Crippen MR) is 93.5 cm³/mol. The largest absolute Gasteiger partial charge is 0.371 e. The molecule has 1 N–H and O–H groups in total. The molecule has 3 heteroatoms. The van der Waals surface area contributed by atoms with E-state index in [1.807, 2.05) is 0 Å². The standard InChI is InChI=1S/C17H29BrN2/c1-7-10-19-12-14-8-9-15(18)11-16(14)20(6)13(2)17(3,4)5/h8-9,11,13,19H,7,10,12H2,1-6H3. The average Bonchev–Trinajstić information content (AvgIpc) is 2.38. The zero-order chi connectivity index (χ0) is 15.3. The first-order valence-electron chi connectivity index (χ1n) is 7.49. The molecule has 0 fully saturated rings. The van der Waals surface area contributed by atoms with E-state index in [0.29, 0.717) is 6.04 Å². The van der Waals surface area contributed by atoms with Crippen LogP contribution >= 0.6 is 15.9 Å². The van der Waals surface area contributed by atoms with E-state index in [-0.39, 0.29) is 5.41 Å². The molecule has 0 amide bonds. The first-order chi connectivity index (χ1) is 9.27. The predicted octanol–water partition coefficient (Wildman–Crippen LogP) is 4.82. The van der Waals surface area contributed by atoms with Crippen molar-refractivity contribution in [2.75, 3.05) is 18.5 Å². The number of hydrogen-bond acceptors (Lipinski definition) is 2. The highest BCUT2D eigenvalue weighted by Crippen LogP contribution is 2.31. The Hall–Kier alpha value is -0.540. The lowest BCUT2D eigenvalue weighted by Gasteiger charge is -2.38. The molecule has 114 valence electrons. The second-order valence-corrected chi connectivity index (χ2v) is 7.52. The fourth-order valence-corrected chi connectivity index (χ4v) is 2.55. The van der Waals surface area contributed by atoms with Gasteiger partial charge in [0.2, 0.25) is 0 Å². The molecule has 0 spiro atoms. The monoisotopic (exact) mass is 340 g/mol. The van der Waals surface area contributed by atoms with Crippen LogP contribution < -0.4 is 10.2 Å². The topological polar surface area (TPSA) is 15.3 Å². The molecule has 0 bridgehead atoms. The van der Waals surface area contributed by atoms with Crippen molar-refractivity contribution in [2.24, 2.45) is 5.41 Å². The van der Waals surface area contributed by atoms with Crippen LogP contribution in [-0.4, -0.2) is 19.6 Å². The van der Waals surface area contributed by atoms with Crippen molar-refractivity contribution in [3.8, 4) is 0 Å².